The number of nitrogens with zero attached hydrogens (tertiary/aromatic N) is 3. The maximum atomic E-state index is 8.84. The van der Waals surface area contributed by atoms with Gasteiger partial charge in [0.1, 0.15) is 18.0 Å². The Hall–Kier alpha value is -1.36. The lowest BCUT2D eigenvalue weighted by Gasteiger charge is -2.17. The van der Waals surface area contributed by atoms with Gasteiger partial charge >= 0.3 is 0 Å². The van der Waals surface area contributed by atoms with E-state index in [-0.39, 0.29) is 6.61 Å². The molecule has 0 unspecified atom stereocenters. The first kappa shape index (κ1) is 12.7. The van der Waals surface area contributed by atoms with Crippen LogP contribution in [-0.2, 0) is 0 Å². The van der Waals surface area contributed by atoms with E-state index in [0.717, 1.165) is 31.0 Å². The topological polar surface area (TPSA) is 61.3 Å². The third-order valence-electron chi connectivity index (χ3n) is 2.32. The molecule has 0 radical (unpaired) electrons. The van der Waals surface area contributed by atoms with E-state index in [4.69, 9.17) is 5.11 Å². The van der Waals surface area contributed by atoms with Crippen LogP contribution in [0, 0.1) is 0 Å². The number of rotatable bonds is 7. The Kier molecular flexibility index (Phi) is 5.56. The van der Waals surface area contributed by atoms with E-state index in [0.29, 0.717) is 6.54 Å². The SMILES string of the molecule is CCCCNc1cc(N(C)CCO)ncn1. The predicted molar refractivity (Wildman–Crippen MR) is 65.8 cm³/mol. The second kappa shape index (κ2) is 7.00. The van der Waals surface area contributed by atoms with E-state index in [1.807, 2.05) is 18.0 Å². The van der Waals surface area contributed by atoms with Crippen molar-refractivity contribution in [3.05, 3.63) is 12.4 Å². The van der Waals surface area contributed by atoms with Crippen molar-refractivity contribution in [1.29, 1.82) is 0 Å². The summed E-state index contributed by atoms with van der Waals surface area (Å²) < 4.78 is 0. The first-order valence-electron chi connectivity index (χ1n) is 5.65. The molecule has 1 aromatic heterocycles. The van der Waals surface area contributed by atoms with E-state index in [2.05, 4.69) is 22.2 Å². The maximum absolute atomic E-state index is 8.84. The van der Waals surface area contributed by atoms with Gasteiger partial charge < -0.3 is 15.3 Å². The van der Waals surface area contributed by atoms with Gasteiger partial charge in [-0.15, -0.1) is 0 Å². The molecule has 0 bridgehead atoms. The van der Waals surface area contributed by atoms with Gasteiger partial charge in [-0.2, -0.15) is 0 Å². The predicted octanol–water partition coefficient (Wildman–Crippen LogP) is 1.12. The molecule has 5 nitrogen and oxygen atoms in total. The normalized spacial score (nSPS) is 10.2. The van der Waals surface area contributed by atoms with Crippen LogP contribution in [0.5, 0.6) is 0 Å². The van der Waals surface area contributed by atoms with E-state index < -0.39 is 0 Å². The highest BCUT2D eigenvalue weighted by Gasteiger charge is 2.02. The zero-order valence-electron chi connectivity index (χ0n) is 9.98. The summed E-state index contributed by atoms with van der Waals surface area (Å²) in [6, 6.07) is 1.89. The summed E-state index contributed by atoms with van der Waals surface area (Å²) in [4.78, 5) is 10.2. The van der Waals surface area contributed by atoms with Crippen LogP contribution in [0.4, 0.5) is 11.6 Å². The lowest BCUT2D eigenvalue weighted by molar-refractivity contribution is 0.304. The van der Waals surface area contributed by atoms with E-state index in [9.17, 15) is 0 Å². The van der Waals surface area contributed by atoms with Crippen LogP contribution in [0.3, 0.4) is 0 Å². The fourth-order valence-electron chi connectivity index (χ4n) is 1.31. The summed E-state index contributed by atoms with van der Waals surface area (Å²) in [7, 11) is 1.90. The molecule has 0 saturated heterocycles. The number of unbranched alkanes of at least 4 members (excludes halogenated alkanes) is 1. The summed E-state index contributed by atoms with van der Waals surface area (Å²) in [5.74, 6) is 1.66. The zero-order chi connectivity index (χ0) is 11.8. The quantitative estimate of drug-likeness (QED) is 0.680. The van der Waals surface area contributed by atoms with Crippen molar-refractivity contribution < 1.29 is 5.11 Å². The standard InChI is InChI=1S/C11H20N4O/c1-3-4-5-12-10-8-11(14-9-13-10)15(2)6-7-16/h8-9,16H,3-7H2,1-2H3,(H,12,13,14). The van der Waals surface area contributed by atoms with Gasteiger partial charge in [-0.05, 0) is 6.42 Å². The number of hydrogen-bond acceptors (Lipinski definition) is 5. The molecule has 90 valence electrons. The van der Waals surface area contributed by atoms with E-state index in [1.165, 1.54) is 6.33 Å². The van der Waals surface area contributed by atoms with E-state index in [1.54, 1.807) is 0 Å². The third-order valence-corrected chi connectivity index (χ3v) is 2.32. The van der Waals surface area contributed by atoms with Gasteiger partial charge in [0.15, 0.2) is 0 Å². The van der Waals surface area contributed by atoms with Crippen LogP contribution in [-0.4, -0.2) is 41.8 Å². The average Bonchev–Trinajstić information content (AvgIpc) is 2.30. The summed E-state index contributed by atoms with van der Waals surface area (Å²) in [5.41, 5.74) is 0. The molecule has 5 heteroatoms. The molecule has 0 aliphatic carbocycles. The summed E-state index contributed by atoms with van der Waals surface area (Å²) >= 11 is 0. The fraction of sp³-hybridized carbons (Fsp3) is 0.636. The number of likely N-dealkylation sites (N-methyl/N-ethyl adjacent to an activating group) is 1. The van der Waals surface area contributed by atoms with Crippen molar-refractivity contribution in [1.82, 2.24) is 9.97 Å². The molecule has 0 atom stereocenters. The van der Waals surface area contributed by atoms with Crippen molar-refractivity contribution in [2.45, 2.75) is 19.8 Å². The molecule has 0 saturated carbocycles. The van der Waals surface area contributed by atoms with Crippen LogP contribution in [0.1, 0.15) is 19.8 Å². The van der Waals surface area contributed by atoms with Crippen LogP contribution < -0.4 is 10.2 Å². The number of aromatic nitrogens is 2. The lowest BCUT2D eigenvalue weighted by Crippen LogP contribution is -2.22. The molecule has 0 spiro atoms. The number of aliphatic hydroxyl groups excluding tert-OH is 1. The van der Waals surface area contributed by atoms with Gasteiger partial charge in [0.2, 0.25) is 0 Å². The summed E-state index contributed by atoms with van der Waals surface area (Å²) in [6.07, 6.45) is 3.83. The average molecular weight is 224 g/mol. The van der Waals surface area contributed by atoms with Gasteiger partial charge in [0.05, 0.1) is 6.61 Å². The second-order valence-corrected chi connectivity index (χ2v) is 3.69. The molecule has 1 rings (SSSR count). The van der Waals surface area contributed by atoms with E-state index >= 15 is 0 Å². The number of hydrogen-bond donors (Lipinski definition) is 2. The van der Waals surface area contributed by atoms with Crippen molar-refractivity contribution in [3.8, 4) is 0 Å². The van der Waals surface area contributed by atoms with Crippen LogP contribution in [0.25, 0.3) is 0 Å². The minimum absolute atomic E-state index is 0.124. The highest BCUT2D eigenvalue weighted by Crippen LogP contribution is 2.12. The van der Waals surface area contributed by atoms with Crippen LogP contribution in [0.15, 0.2) is 12.4 Å². The molecular formula is C11H20N4O. The Bertz CT molecular complexity index is 306. The van der Waals surface area contributed by atoms with Crippen molar-refractivity contribution in [2.24, 2.45) is 0 Å². The maximum Gasteiger partial charge on any atom is 0.133 e. The molecule has 0 fully saturated rings. The minimum atomic E-state index is 0.124. The first-order chi connectivity index (χ1) is 7.77. The Morgan fingerprint density at radius 1 is 1.44 bits per heavy atom. The Labute approximate surface area is 96.5 Å². The lowest BCUT2D eigenvalue weighted by atomic mass is 10.3. The van der Waals surface area contributed by atoms with Gasteiger partial charge in [-0.25, -0.2) is 9.97 Å². The highest BCUT2D eigenvalue weighted by atomic mass is 16.3. The summed E-state index contributed by atoms with van der Waals surface area (Å²) in [6.45, 7) is 3.78. The molecule has 1 aromatic rings. The number of nitrogens with one attached hydrogen (secondary N) is 1. The molecule has 0 aliphatic heterocycles. The van der Waals surface area contributed by atoms with Gasteiger partial charge in [0, 0.05) is 26.2 Å². The van der Waals surface area contributed by atoms with Crippen molar-refractivity contribution >= 4 is 11.6 Å². The largest absolute Gasteiger partial charge is 0.395 e. The Morgan fingerprint density at radius 3 is 2.94 bits per heavy atom. The molecule has 2 N–H and O–H groups in total. The third kappa shape index (κ3) is 4.02. The zero-order valence-corrected chi connectivity index (χ0v) is 9.98. The van der Waals surface area contributed by atoms with Gasteiger partial charge in [0.25, 0.3) is 0 Å². The molecule has 1 heterocycles. The van der Waals surface area contributed by atoms with Crippen molar-refractivity contribution in [2.75, 3.05) is 37.0 Å². The number of aliphatic hydroxyl groups is 1. The molecular weight excluding hydrogens is 204 g/mol. The molecule has 0 amide bonds. The smallest absolute Gasteiger partial charge is 0.133 e. The molecule has 16 heavy (non-hydrogen) atoms. The first-order valence-corrected chi connectivity index (χ1v) is 5.65. The van der Waals surface area contributed by atoms with Crippen LogP contribution in [0.2, 0.25) is 0 Å². The molecule has 0 aliphatic rings. The highest BCUT2D eigenvalue weighted by molar-refractivity contribution is 5.47. The number of anilines is 2. The van der Waals surface area contributed by atoms with Gasteiger partial charge in [-0.1, -0.05) is 13.3 Å². The molecule has 0 aromatic carbocycles. The second-order valence-electron chi connectivity index (χ2n) is 3.69. The van der Waals surface area contributed by atoms with Gasteiger partial charge in [-0.3, -0.25) is 0 Å². The monoisotopic (exact) mass is 224 g/mol. The van der Waals surface area contributed by atoms with Crippen molar-refractivity contribution in [3.63, 3.8) is 0 Å². The Balaban J connectivity index is 2.56. The Morgan fingerprint density at radius 2 is 2.25 bits per heavy atom. The fourth-order valence-corrected chi connectivity index (χ4v) is 1.31. The minimum Gasteiger partial charge on any atom is -0.395 e. The summed E-state index contributed by atoms with van der Waals surface area (Å²) in [5, 5.41) is 12.1. The van der Waals surface area contributed by atoms with Crippen LogP contribution >= 0.6 is 0 Å².